The molecule has 0 bridgehead atoms. The van der Waals surface area contributed by atoms with E-state index in [9.17, 15) is 4.79 Å². The summed E-state index contributed by atoms with van der Waals surface area (Å²) in [6.45, 7) is 2.75. The fraction of sp³-hybridized carbons (Fsp3) is 0.533. The number of ether oxygens (including phenoxy) is 1. The van der Waals surface area contributed by atoms with Gasteiger partial charge in [-0.2, -0.15) is 0 Å². The lowest BCUT2D eigenvalue weighted by Crippen LogP contribution is -2.45. The van der Waals surface area contributed by atoms with Crippen molar-refractivity contribution >= 4 is 5.78 Å². The Morgan fingerprint density at radius 1 is 1.44 bits per heavy atom. The zero-order chi connectivity index (χ0) is 13.2. The first-order valence-electron chi connectivity index (χ1n) is 6.47. The first kappa shape index (κ1) is 13.1. The lowest BCUT2D eigenvalue weighted by atomic mass is 9.64. The van der Waals surface area contributed by atoms with Gasteiger partial charge in [-0.3, -0.25) is 4.79 Å². The van der Waals surface area contributed by atoms with Crippen molar-refractivity contribution in [1.82, 2.24) is 5.32 Å². The second-order valence-electron chi connectivity index (χ2n) is 5.18. The maximum atomic E-state index is 12.6. The molecule has 2 rings (SSSR count). The van der Waals surface area contributed by atoms with E-state index in [0.29, 0.717) is 0 Å². The molecule has 1 aromatic rings. The van der Waals surface area contributed by atoms with Crippen LogP contribution in [0, 0.1) is 12.3 Å². The first-order valence-corrected chi connectivity index (χ1v) is 6.47. The maximum absolute atomic E-state index is 12.6. The Morgan fingerprint density at radius 2 is 2.17 bits per heavy atom. The third-order valence-corrected chi connectivity index (χ3v) is 3.96. The largest absolute Gasteiger partial charge is 0.496 e. The molecule has 1 fully saturated rings. The molecular formula is C15H21NO2. The van der Waals surface area contributed by atoms with E-state index in [-0.39, 0.29) is 11.2 Å². The number of ketones is 1. The summed E-state index contributed by atoms with van der Waals surface area (Å²) < 4.78 is 5.23. The molecule has 0 aromatic heterocycles. The van der Waals surface area contributed by atoms with Crippen molar-refractivity contribution in [3.63, 3.8) is 0 Å². The number of benzene rings is 1. The monoisotopic (exact) mass is 247 g/mol. The Morgan fingerprint density at radius 3 is 2.61 bits per heavy atom. The molecule has 0 spiro atoms. The number of hydrogen-bond acceptors (Lipinski definition) is 3. The van der Waals surface area contributed by atoms with Crippen molar-refractivity contribution in [1.29, 1.82) is 0 Å². The smallest absolute Gasteiger partial charge is 0.170 e. The standard InChI is InChI=1S/C15H21NO2/c1-11-9-12(5-6-13(11)18-3)14(17)15(10-16-2)7-4-8-15/h5-6,9,16H,4,7-8,10H2,1-3H3. The lowest BCUT2D eigenvalue weighted by Gasteiger charge is -2.40. The molecule has 1 aliphatic carbocycles. The highest BCUT2D eigenvalue weighted by Crippen LogP contribution is 2.43. The molecule has 0 unspecified atom stereocenters. The minimum atomic E-state index is -0.171. The number of hydrogen-bond donors (Lipinski definition) is 1. The fourth-order valence-electron chi connectivity index (χ4n) is 2.75. The Bertz CT molecular complexity index is 450. The van der Waals surface area contributed by atoms with Crippen molar-refractivity contribution < 1.29 is 9.53 Å². The van der Waals surface area contributed by atoms with Crippen molar-refractivity contribution in [2.75, 3.05) is 20.7 Å². The van der Waals surface area contributed by atoms with Crippen molar-refractivity contribution in [2.45, 2.75) is 26.2 Å². The molecule has 0 radical (unpaired) electrons. The summed E-state index contributed by atoms with van der Waals surface area (Å²) in [5, 5.41) is 3.15. The van der Waals surface area contributed by atoms with Gasteiger partial charge in [-0.05, 0) is 50.6 Å². The summed E-state index contributed by atoms with van der Waals surface area (Å²) in [6.07, 6.45) is 3.15. The average molecular weight is 247 g/mol. The molecular weight excluding hydrogens is 226 g/mol. The summed E-state index contributed by atoms with van der Waals surface area (Å²) in [7, 11) is 3.56. The minimum absolute atomic E-state index is 0.171. The van der Waals surface area contributed by atoms with Crippen LogP contribution >= 0.6 is 0 Å². The van der Waals surface area contributed by atoms with E-state index in [4.69, 9.17) is 4.74 Å². The second-order valence-corrected chi connectivity index (χ2v) is 5.18. The highest BCUT2D eigenvalue weighted by molar-refractivity contribution is 6.01. The van der Waals surface area contributed by atoms with E-state index in [1.165, 1.54) is 0 Å². The summed E-state index contributed by atoms with van der Waals surface area (Å²) >= 11 is 0. The number of carbonyl (C=O) groups excluding carboxylic acids is 1. The summed E-state index contributed by atoms with van der Waals surface area (Å²) in [4.78, 5) is 12.6. The van der Waals surface area contributed by atoms with Crippen LogP contribution in [0.15, 0.2) is 18.2 Å². The third-order valence-electron chi connectivity index (χ3n) is 3.96. The zero-order valence-corrected chi connectivity index (χ0v) is 11.4. The van der Waals surface area contributed by atoms with Crippen LogP contribution in [0.5, 0.6) is 5.75 Å². The Balaban J connectivity index is 2.25. The van der Waals surface area contributed by atoms with Crippen LogP contribution in [0.25, 0.3) is 0 Å². The van der Waals surface area contributed by atoms with Crippen molar-refractivity contribution in [3.05, 3.63) is 29.3 Å². The molecule has 1 aromatic carbocycles. The second kappa shape index (κ2) is 5.11. The van der Waals surface area contributed by atoms with Gasteiger partial charge in [0.25, 0.3) is 0 Å². The third kappa shape index (κ3) is 2.15. The number of aryl methyl sites for hydroxylation is 1. The number of rotatable bonds is 5. The summed E-state index contributed by atoms with van der Waals surface area (Å²) in [6, 6.07) is 5.70. The molecule has 0 atom stereocenters. The highest BCUT2D eigenvalue weighted by Gasteiger charge is 2.43. The van der Waals surface area contributed by atoms with Gasteiger partial charge in [-0.15, -0.1) is 0 Å². The van der Waals surface area contributed by atoms with Crippen molar-refractivity contribution in [3.8, 4) is 5.75 Å². The lowest BCUT2D eigenvalue weighted by molar-refractivity contribution is 0.0614. The van der Waals surface area contributed by atoms with Gasteiger partial charge in [0, 0.05) is 17.5 Å². The zero-order valence-electron chi connectivity index (χ0n) is 11.4. The van der Waals surface area contributed by atoms with E-state index in [0.717, 1.165) is 42.7 Å². The molecule has 0 aliphatic heterocycles. The highest BCUT2D eigenvalue weighted by atomic mass is 16.5. The van der Waals surface area contributed by atoms with Gasteiger partial charge in [-0.1, -0.05) is 6.42 Å². The summed E-state index contributed by atoms with van der Waals surface area (Å²) in [5.74, 6) is 1.11. The molecule has 1 aliphatic rings. The van der Waals surface area contributed by atoms with Gasteiger partial charge in [0.1, 0.15) is 5.75 Å². The molecule has 3 nitrogen and oxygen atoms in total. The molecule has 98 valence electrons. The Labute approximate surface area is 109 Å². The number of nitrogens with one attached hydrogen (secondary N) is 1. The number of Topliss-reactive ketones (excluding diaryl/α,β-unsaturated/α-hetero) is 1. The van der Waals surface area contributed by atoms with Crippen LogP contribution in [-0.2, 0) is 0 Å². The van der Waals surface area contributed by atoms with Crippen LogP contribution < -0.4 is 10.1 Å². The molecule has 0 amide bonds. The van der Waals surface area contributed by atoms with E-state index in [1.807, 2.05) is 32.2 Å². The predicted molar refractivity (Wildman–Crippen MR) is 72.3 cm³/mol. The summed E-state index contributed by atoms with van der Waals surface area (Å²) in [5.41, 5.74) is 1.65. The van der Waals surface area contributed by atoms with Crippen LogP contribution in [-0.4, -0.2) is 26.5 Å². The minimum Gasteiger partial charge on any atom is -0.496 e. The first-order chi connectivity index (χ1) is 8.63. The van der Waals surface area contributed by atoms with Gasteiger partial charge in [0.2, 0.25) is 0 Å². The molecule has 18 heavy (non-hydrogen) atoms. The van der Waals surface area contributed by atoms with E-state index in [1.54, 1.807) is 7.11 Å². The SMILES string of the molecule is CNCC1(C(=O)c2ccc(OC)c(C)c2)CCC1. The predicted octanol–water partition coefficient (Wildman–Crippen LogP) is 2.58. The fourth-order valence-corrected chi connectivity index (χ4v) is 2.75. The molecule has 1 saturated carbocycles. The topological polar surface area (TPSA) is 38.3 Å². The van der Waals surface area contributed by atoms with Crippen LogP contribution in [0.4, 0.5) is 0 Å². The van der Waals surface area contributed by atoms with E-state index >= 15 is 0 Å². The van der Waals surface area contributed by atoms with Crippen LogP contribution in [0.3, 0.4) is 0 Å². The number of carbonyl (C=O) groups is 1. The van der Waals surface area contributed by atoms with Crippen LogP contribution in [0.1, 0.15) is 35.2 Å². The van der Waals surface area contributed by atoms with Gasteiger partial charge in [0.15, 0.2) is 5.78 Å². The Hall–Kier alpha value is -1.35. The normalized spacial score (nSPS) is 17.1. The van der Waals surface area contributed by atoms with Gasteiger partial charge < -0.3 is 10.1 Å². The molecule has 1 N–H and O–H groups in total. The Kier molecular flexibility index (Phi) is 3.71. The van der Waals surface area contributed by atoms with E-state index in [2.05, 4.69) is 5.32 Å². The number of methoxy groups -OCH3 is 1. The van der Waals surface area contributed by atoms with Crippen molar-refractivity contribution in [2.24, 2.45) is 5.41 Å². The molecule has 0 saturated heterocycles. The molecule has 0 heterocycles. The maximum Gasteiger partial charge on any atom is 0.170 e. The van der Waals surface area contributed by atoms with Gasteiger partial charge >= 0.3 is 0 Å². The van der Waals surface area contributed by atoms with Gasteiger partial charge in [0.05, 0.1) is 7.11 Å². The van der Waals surface area contributed by atoms with E-state index < -0.39 is 0 Å². The molecule has 3 heteroatoms. The quantitative estimate of drug-likeness (QED) is 0.813. The van der Waals surface area contributed by atoms with Crippen LogP contribution in [0.2, 0.25) is 0 Å². The van der Waals surface area contributed by atoms with Gasteiger partial charge in [-0.25, -0.2) is 0 Å². The average Bonchev–Trinajstić information content (AvgIpc) is 2.33.